The average molecular weight is 503 g/mol. The Labute approximate surface area is 206 Å². The molecule has 0 saturated carbocycles. The number of nitrogens with two attached hydrogens (primary N) is 1. The maximum Gasteiger partial charge on any atom is 0.255 e. The number of carbonyl (C=O) groups excluding carboxylic acids is 3. The van der Waals surface area contributed by atoms with Gasteiger partial charge in [-0.25, -0.2) is 0 Å². The normalized spacial score (nSPS) is 22.4. The second-order valence-electron chi connectivity index (χ2n) is 10.4. The van der Waals surface area contributed by atoms with Crippen molar-refractivity contribution in [1.29, 1.82) is 0 Å². The molecule has 0 radical (unpaired) electrons. The topological polar surface area (TPSA) is 170 Å². The molecule has 186 valence electrons. The maximum absolute atomic E-state index is 13.5. The van der Waals surface area contributed by atoms with Gasteiger partial charge in [-0.05, 0) is 29.5 Å². The van der Waals surface area contributed by atoms with Gasteiger partial charge in [0.1, 0.15) is 22.8 Å². The number of primary amides is 1. The van der Waals surface area contributed by atoms with Gasteiger partial charge in [-0.2, -0.15) is 0 Å². The van der Waals surface area contributed by atoms with Crippen LogP contribution in [0.2, 0.25) is 5.02 Å². The van der Waals surface area contributed by atoms with Crippen molar-refractivity contribution in [3.63, 3.8) is 0 Å². The molecule has 35 heavy (non-hydrogen) atoms. The van der Waals surface area contributed by atoms with Crippen LogP contribution in [0.3, 0.4) is 0 Å². The number of carbonyl (C=O) groups is 3. The SMILES string of the molecule is CC(C)(C)CNCc1cc(Cl)c2cc3c(c(O)c2c1O)C(=O)C1(O)C(O)=C(C(N)=O)C(=O)CC1C3. The number of hydrogen-bond donors (Lipinski definition) is 6. The first kappa shape index (κ1) is 25.0. The Morgan fingerprint density at radius 3 is 2.43 bits per heavy atom. The van der Waals surface area contributed by atoms with Gasteiger partial charge in [0.05, 0.1) is 10.9 Å². The number of hydrogen-bond acceptors (Lipinski definition) is 8. The molecule has 0 fully saturated rings. The zero-order valence-electron chi connectivity index (χ0n) is 19.5. The van der Waals surface area contributed by atoms with E-state index in [0.717, 1.165) is 0 Å². The number of fused-ring (bicyclic) bond motifs is 3. The molecule has 7 N–H and O–H groups in total. The Morgan fingerprint density at radius 2 is 1.83 bits per heavy atom. The summed E-state index contributed by atoms with van der Waals surface area (Å²) < 4.78 is 0. The number of rotatable bonds is 4. The van der Waals surface area contributed by atoms with E-state index in [4.69, 9.17) is 17.3 Å². The second kappa shape index (κ2) is 8.22. The maximum atomic E-state index is 13.5. The highest BCUT2D eigenvalue weighted by Crippen LogP contribution is 2.50. The predicted octanol–water partition coefficient (Wildman–Crippen LogP) is 2.40. The molecule has 2 aromatic carbocycles. The molecule has 2 unspecified atom stereocenters. The molecular weight excluding hydrogens is 476 g/mol. The standard InChI is InChI=1S/C25H27ClN2O7/c1-24(2,3)9-28-8-11-6-14(26)13-5-10-4-12-7-15(29)18(23(27)34)22(33)25(12,35)21(32)16(10)20(31)17(13)19(11)30/h5-6,12,28,30-31,33,35H,4,7-9H2,1-3H3,(H2,27,34). The first-order valence-electron chi connectivity index (χ1n) is 11.1. The molecule has 10 heteroatoms. The van der Waals surface area contributed by atoms with E-state index in [1.165, 1.54) is 6.07 Å². The van der Waals surface area contributed by atoms with Crippen molar-refractivity contribution in [3.05, 3.63) is 45.2 Å². The van der Waals surface area contributed by atoms with Crippen LogP contribution in [0.15, 0.2) is 23.5 Å². The number of phenolic OH excluding ortho intramolecular Hbond substituents is 2. The third-order valence-corrected chi connectivity index (χ3v) is 6.95. The monoisotopic (exact) mass is 502 g/mol. The number of aromatic hydroxyl groups is 2. The number of halogens is 1. The van der Waals surface area contributed by atoms with E-state index in [1.54, 1.807) is 6.07 Å². The van der Waals surface area contributed by atoms with Gasteiger partial charge in [0.15, 0.2) is 11.4 Å². The lowest BCUT2D eigenvalue weighted by Gasteiger charge is -2.41. The van der Waals surface area contributed by atoms with Crippen molar-refractivity contribution < 1.29 is 34.8 Å². The number of nitrogens with one attached hydrogen (secondary N) is 1. The van der Waals surface area contributed by atoms with E-state index in [0.29, 0.717) is 12.1 Å². The molecule has 4 rings (SSSR count). The number of Topliss-reactive ketones (excluding diaryl/α,β-unsaturated/α-hetero) is 2. The lowest BCUT2D eigenvalue weighted by Crippen LogP contribution is -2.56. The summed E-state index contributed by atoms with van der Waals surface area (Å²) in [6.07, 6.45) is -0.477. The van der Waals surface area contributed by atoms with Crippen molar-refractivity contribution in [1.82, 2.24) is 5.32 Å². The number of ketones is 2. The van der Waals surface area contributed by atoms with Gasteiger partial charge in [-0.1, -0.05) is 32.4 Å². The van der Waals surface area contributed by atoms with Crippen molar-refractivity contribution >= 4 is 39.8 Å². The number of phenols is 2. The fourth-order valence-electron chi connectivity index (χ4n) is 4.94. The summed E-state index contributed by atoms with van der Waals surface area (Å²) in [5.74, 6) is -6.25. The lowest BCUT2D eigenvalue weighted by molar-refractivity contribution is -0.125. The molecule has 0 heterocycles. The Balaban J connectivity index is 1.88. The molecule has 0 spiro atoms. The zero-order chi connectivity index (χ0) is 26.0. The van der Waals surface area contributed by atoms with E-state index in [-0.39, 0.29) is 51.1 Å². The molecule has 0 aliphatic heterocycles. The van der Waals surface area contributed by atoms with E-state index < -0.39 is 52.5 Å². The summed E-state index contributed by atoms with van der Waals surface area (Å²) >= 11 is 6.48. The van der Waals surface area contributed by atoms with Gasteiger partial charge < -0.3 is 31.5 Å². The predicted molar refractivity (Wildman–Crippen MR) is 128 cm³/mol. The minimum atomic E-state index is -2.62. The van der Waals surface area contributed by atoms with Crippen molar-refractivity contribution in [2.75, 3.05) is 6.54 Å². The number of aliphatic hydroxyl groups excluding tert-OH is 1. The van der Waals surface area contributed by atoms with Crippen LogP contribution in [0.1, 0.15) is 48.7 Å². The molecular formula is C25H27ClN2O7. The highest BCUT2D eigenvalue weighted by atomic mass is 35.5. The van der Waals surface area contributed by atoms with Crippen LogP contribution in [0.4, 0.5) is 0 Å². The van der Waals surface area contributed by atoms with Gasteiger partial charge >= 0.3 is 0 Å². The van der Waals surface area contributed by atoms with Gasteiger partial charge in [0, 0.05) is 41.4 Å². The van der Waals surface area contributed by atoms with Crippen LogP contribution in [0, 0.1) is 11.3 Å². The van der Waals surface area contributed by atoms with Crippen LogP contribution >= 0.6 is 11.6 Å². The largest absolute Gasteiger partial charge is 0.508 e. The van der Waals surface area contributed by atoms with E-state index in [9.17, 15) is 34.8 Å². The Hall–Kier alpha value is -3.14. The van der Waals surface area contributed by atoms with Gasteiger partial charge in [-0.15, -0.1) is 0 Å². The molecule has 0 bridgehead atoms. The van der Waals surface area contributed by atoms with Crippen LogP contribution in [0.25, 0.3) is 10.8 Å². The number of aliphatic hydroxyl groups is 2. The van der Waals surface area contributed by atoms with Gasteiger partial charge in [0.25, 0.3) is 5.91 Å². The molecule has 2 aliphatic rings. The minimum Gasteiger partial charge on any atom is -0.508 e. The summed E-state index contributed by atoms with van der Waals surface area (Å²) in [5.41, 5.74) is 2.07. The quantitative estimate of drug-likeness (QED) is 0.346. The van der Waals surface area contributed by atoms with E-state index in [2.05, 4.69) is 5.32 Å². The Morgan fingerprint density at radius 1 is 1.17 bits per heavy atom. The fourth-order valence-corrected chi connectivity index (χ4v) is 5.23. The van der Waals surface area contributed by atoms with Crippen molar-refractivity contribution in [2.24, 2.45) is 17.1 Å². The third kappa shape index (κ3) is 3.84. The van der Waals surface area contributed by atoms with Crippen LogP contribution in [-0.4, -0.2) is 50.0 Å². The summed E-state index contributed by atoms with van der Waals surface area (Å²) in [6, 6.07) is 3.09. The molecule has 0 aromatic heterocycles. The molecule has 2 aliphatic carbocycles. The summed E-state index contributed by atoms with van der Waals surface area (Å²) in [5, 5.41) is 47.6. The lowest BCUT2D eigenvalue weighted by atomic mass is 9.64. The van der Waals surface area contributed by atoms with Crippen molar-refractivity contribution in [2.45, 2.75) is 45.8 Å². The zero-order valence-corrected chi connectivity index (χ0v) is 20.3. The van der Waals surface area contributed by atoms with Crippen LogP contribution < -0.4 is 11.1 Å². The molecule has 1 amide bonds. The minimum absolute atomic E-state index is 0.0173. The van der Waals surface area contributed by atoms with Gasteiger partial charge in [0.2, 0.25) is 5.78 Å². The van der Waals surface area contributed by atoms with E-state index in [1.807, 2.05) is 20.8 Å². The van der Waals surface area contributed by atoms with Crippen molar-refractivity contribution in [3.8, 4) is 11.5 Å². The highest BCUT2D eigenvalue weighted by molar-refractivity contribution is 6.36. The molecule has 2 atom stereocenters. The summed E-state index contributed by atoms with van der Waals surface area (Å²) in [6.45, 7) is 7.00. The first-order valence-corrected chi connectivity index (χ1v) is 11.5. The third-order valence-electron chi connectivity index (χ3n) is 6.64. The van der Waals surface area contributed by atoms with E-state index >= 15 is 0 Å². The fraction of sp³-hybridized carbons (Fsp3) is 0.400. The second-order valence-corrected chi connectivity index (χ2v) is 10.8. The Bertz CT molecular complexity index is 1340. The molecule has 9 nitrogen and oxygen atoms in total. The van der Waals surface area contributed by atoms with Gasteiger partial charge in [-0.3, -0.25) is 14.4 Å². The summed E-state index contributed by atoms with van der Waals surface area (Å²) in [4.78, 5) is 37.6. The first-order chi connectivity index (χ1) is 16.2. The smallest absolute Gasteiger partial charge is 0.255 e. The number of amides is 1. The summed E-state index contributed by atoms with van der Waals surface area (Å²) in [7, 11) is 0. The Kier molecular flexibility index (Phi) is 5.86. The average Bonchev–Trinajstić information content (AvgIpc) is 2.73. The highest BCUT2D eigenvalue weighted by Gasteiger charge is 2.57. The number of benzene rings is 2. The van der Waals surface area contributed by atoms with Crippen LogP contribution in [-0.2, 0) is 22.6 Å². The molecule has 0 saturated heterocycles. The van der Waals surface area contributed by atoms with Crippen LogP contribution in [0.5, 0.6) is 11.5 Å². The molecule has 2 aromatic rings.